The Balaban J connectivity index is 2.26. The predicted molar refractivity (Wildman–Crippen MR) is 82.3 cm³/mol. The van der Waals surface area contributed by atoms with Crippen LogP contribution in [0.1, 0.15) is 35.4 Å². The number of hydrogen-bond donors (Lipinski definition) is 1. The van der Waals surface area contributed by atoms with Gasteiger partial charge in [-0.3, -0.25) is 4.68 Å². The van der Waals surface area contributed by atoms with Crippen molar-refractivity contribution < 1.29 is 5.11 Å². The zero-order valence-corrected chi connectivity index (χ0v) is 13.0. The first-order valence-corrected chi connectivity index (χ1v) is 7.32. The molecule has 2 rings (SSSR count). The van der Waals surface area contributed by atoms with E-state index >= 15 is 0 Å². The second kappa shape index (κ2) is 6.42. The van der Waals surface area contributed by atoms with Gasteiger partial charge in [0.1, 0.15) is 0 Å². The Morgan fingerprint density at radius 3 is 2.45 bits per heavy atom. The van der Waals surface area contributed by atoms with Crippen LogP contribution in [-0.2, 0) is 19.9 Å². The van der Waals surface area contributed by atoms with E-state index in [-0.39, 0.29) is 12.5 Å². The SMILES string of the molecule is CCc1nn(C)c(CC(CO)c2ccc(C)cc2)c1Cl. The molecule has 20 heavy (non-hydrogen) atoms. The van der Waals surface area contributed by atoms with Crippen LogP contribution in [0.2, 0.25) is 5.02 Å². The number of aryl methyl sites for hydroxylation is 3. The van der Waals surface area contributed by atoms with Crippen molar-refractivity contribution in [3.63, 3.8) is 0 Å². The maximum absolute atomic E-state index is 9.68. The normalized spacial score (nSPS) is 12.7. The van der Waals surface area contributed by atoms with E-state index in [4.69, 9.17) is 11.6 Å². The Bertz CT molecular complexity index is 575. The summed E-state index contributed by atoms with van der Waals surface area (Å²) in [6, 6.07) is 8.28. The molecule has 3 nitrogen and oxygen atoms in total. The summed E-state index contributed by atoms with van der Waals surface area (Å²) in [5, 5.41) is 14.8. The van der Waals surface area contributed by atoms with Crippen LogP contribution in [0.15, 0.2) is 24.3 Å². The molecule has 1 N–H and O–H groups in total. The minimum absolute atomic E-state index is 0.0493. The molecule has 0 aliphatic heterocycles. The van der Waals surface area contributed by atoms with Gasteiger partial charge in [-0.15, -0.1) is 0 Å². The standard InChI is InChI=1S/C16H21ClN2O/c1-4-14-16(17)15(19(3)18-14)9-13(10-20)12-7-5-11(2)6-8-12/h5-8,13,20H,4,9-10H2,1-3H3. The van der Waals surface area contributed by atoms with Crippen LogP contribution in [0.5, 0.6) is 0 Å². The molecule has 0 aliphatic rings. The van der Waals surface area contributed by atoms with Crippen LogP contribution in [0.3, 0.4) is 0 Å². The number of aliphatic hydroxyl groups excluding tert-OH is 1. The lowest BCUT2D eigenvalue weighted by molar-refractivity contribution is 0.263. The number of benzene rings is 1. The van der Waals surface area contributed by atoms with Gasteiger partial charge >= 0.3 is 0 Å². The van der Waals surface area contributed by atoms with Gasteiger partial charge in [-0.1, -0.05) is 48.4 Å². The molecule has 1 atom stereocenters. The van der Waals surface area contributed by atoms with E-state index in [1.54, 1.807) is 0 Å². The Morgan fingerprint density at radius 2 is 1.95 bits per heavy atom. The van der Waals surface area contributed by atoms with Crippen molar-refractivity contribution in [1.29, 1.82) is 0 Å². The monoisotopic (exact) mass is 292 g/mol. The van der Waals surface area contributed by atoms with Crippen molar-refractivity contribution in [3.05, 3.63) is 51.8 Å². The maximum atomic E-state index is 9.68. The summed E-state index contributed by atoms with van der Waals surface area (Å²) in [7, 11) is 1.91. The first-order valence-electron chi connectivity index (χ1n) is 6.94. The smallest absolute Gasteiger partial charge is 0.0849 e. The fraction of sp³-hybridized carbons (Fsp3) is 0.438. The Hall–Kier alpha value is -1.32. The number of aromatic nitrogens is 2. The summed E-state index contributed by atoms with van der Waals surface area (Å²) in [6.07, 6.45) is 1.52. The second-order valence-corrected chi connectivity index (χ2v) is 5.56. The van der Waals surface area contributed by atoms with Gasteiger partial charge in [0, 0.05) is 13.0 Å². The molecule has 108 valence electrons. The molecule has 1 heterocycles. The van der Waals surface area contributed by atoms with E-state index in [0.717, 1.165) is 28.4 Å². The van der Waals surface area contributed by atoms with Crippen molar-refractivity contribution in [3.8, 4) is 0 Å². The van der Waals surface area contributed by atoms with Crippen LogP contribution >= 0.6 is 11.6 Å². The van der Waals surface area contributed by atoms with Gasteiger partial charge in [-0.05, 0) is 25.3 Å². The zero-order chi connectivity index (χ0) is 14.7. The molecule has 2 aromatic rings. The zero-order valence-electron chi connectivity index (χ0n) is 12.2. The molecule has 0 spiro atoms. The molecule has 1 aromatic carbocycles. The number of aliphatic hydroxyl groups is 1. The van der Waals surface area contributed by atoms with Crippen molar-refractivity contribution in [2.75, 3.05) is 6.61 Å². The Morgan fingerprint density at radius 1 is 1.30 bits per heavy atom. The highest BCUT2D eigenvalue weighted by molar-refractivity contribution is 6.31. The van der Waals surface area contributed by atoms with Gasteiger partial charge in [0.25, 0.3) is 0 Å². The third-order valence-corrected chi connectivity index (χ3v) is 4.15. The average Bonchev–Trinajstić information content (AvgIpc) is 2.72. The minimum Gasteiger partial charge on any atom is -0.396 e. The average molecular weight is 293 g/mol. The van der Waals surface area contributed by atoms with Gasteiger partial charge in [0.15, 0.2) is 0 Å². The lowest BCUT2D eigenvalue weighted by Crippen LogP contribution is -2.11. The molecule has 0 radical (unpaired) electrons. The van der Waals surface area contributed by atoms with Crippen LogP contribution in [-0.4, -0.2) is 21.5 Å². The number of nitrogens with zero attached hydrogens (tertiary/aromatic N) is 2. The van der Waals surface area contributed by atoms with Gasteiger partial charge in [-0.25, -0.2) is 0 Å². The van der Waals surface area contributed by atoms with Crippen LogP contribution < -0.4 is 0 Å². The van der Waals surface area contributed by atoms with E-state index in [1.165, 1.54) is 5.56 Å². The lowest BCUT2D eigenvalue weighted by Gasteiger charge is -2.15. The van der Waals surface area contributed by atoms with Crippen LogP contribution in [0, 0.1) is 6.92 Å². The van der Waals surface area contributed by atoms with E-state index < -0.39 is 0 Å². The van der Waals surface area contributed by atoms with Gasteiger partial charge < -0.3 is 5.11 Å². The molecular weight excluding hydrogens is 272 g/mol. The molecule has 0 saturated carbocycles. The van der Waals surface area contributed by atoms with E-state index in [2.05, 4.69) is 36.3 Å². The fourth-order valence-electron chi connectivity index (χ4n) is 2.40. The molecule has 0 fully saturated rings. The van der Waals surface area contributed by atoms with Gasteiger partial charge in [-0.2, -0.15) is 5.10 Å². The van der Waals surface area contributed by atoms with Gasteiger partial charge in [0.05, 0.1) is 23.0 Å². The third kappa shape index (κ3) is 3.05. The third-order valence-electron chi connectivity index (χ3n) is 3.71. The molecule has 1 aromatic heterocycles. The molecule has 0 saturated heterocycles. The number of rotatable bonds is 5. The van der Waals surface area contributed by atoms with Gasteiger partial charge in [0.2, 0.25) is 0 Å². The molecular formula is C16H21ClN2O. The molecule has 1 unspecified atom stereocenters. The predicted octanol–water partition coefficient (Wildman–Crippen LogP) is 3.26. The van der Waals surface area contributed by atoms with Crippen LogP contribution in [0.25, 0.3) is 0 Å². The van der Waals surface area contributed by atoms with Crippen molar-refractivity contribution in [1.82, 2.24) is 9.78 Å². The van der Waals surface area contributed by atoms with Crippen molar-refractivity contribution >= 4 is 11.6 Å². The molecule has 0 bridgehead atoms. The quantitative estimate of drug-likeness (QED) is 0.918. The Labute approximate surface area is 125 Å². The second-order valence-electron chi connectivity index (χ2n) is 5.18. The topological polar surface area (TPSA) is 38.0 Å². The fourth-order valence-corrected chi connectivity index (χ4v) is 2.77. The summed E-state index contributed by atoms with van der Waals surface area (Å²) >= 11 is 6.38. The summed E-state index contributed by atoms with van der Waals surface area (Å²) < 4.78 is 1.83. The molecule has 0 amide bonds. The number of hydrogen-bond acceptors (Lipinski definition) is 2. The first kappa shape index (κ1) is 15.1. The highest BCUT2D eigenvalue weighted by Gasteiger charge is 2.18. The summed E-state index contributed by atoms with van der Waals surface area (Å²) in [5.41, 5.74) is 4.26. The van der Waals surface area contributed by atoms with E-state index in [9.17, 15) is 5.11 Å². The molecule has 4 heteroatoms. The number of halogens is 1. The summed E-state index contributed by atoms with van der Waals surface area (Å²) in [5.74, 6) is 0.0493. The minimum atomic E-state index is 0.0493. The first-order chi connectivity index (χ1) is 9.56. The largest absolute Gasteiger partial charge is 0.396 e. The van der Waals surface area contributed by atoms with Crippen LogP contribution in [0.4, 0.5) is 0 Å². The summed E-state index contributed by atoms with van der Waals surface area (Å²) in [4.78, 5) is 0. The molecule has 0 aliphatic carbocycles. The van der Waals surface area contributed by atoms with Crippen molar-refractivity contribution in [2.24, 2.45) is 7.05 Å². The Kier molecular flexibility index (Phi) is 4.84. The highest BCUT2D eigenvalue weighted by atomic mass is 35.5. The maximum Gasteiger partial charge on any atom is 0.0849 e. The summed E-state index contributed by atoms with van der Waals surface area (Å²) in [6.45, 7) is 4.21. The van der Waals surface area contributed by atoms with E-state index in [1.807, 2.05) is 18.7 Å². The lowest BCUT2D eigenvalue weighted by atomic mass is 9.94. The van der Waals surface area contributed by atoms with Crippen molar-refractivity contribution in [2.45, 2.75) is 32.6 Å². The van der Waals surface area contributed by atoms with E-state index in [0.29, 0.717) is 6.42 Å². The highest BCUT2D eigenvalue weighted by Crippen LogP contribution is 2.27.